The quantitative estimate of drug-likeness (QED) is 0.752. The van der Waals surface area contributed by atoms with Gasteiger partial charge in [0.25, 0.3) is 0 Å². The Kier molecular flexibility index (Phi) is 6.03. The second kappa shape index (κ2) is 8.84. The van der Waals surface area contributed by atoms with Crippen LogP contribution in [0.4, 0.5) is 5.82 Å². The minimum absolute atomic E-state index is 0.0777. The largest absolute Gasteiger partial charge is 0.365 e. The number of ether oxygens (including phenoxy) is 1. The van der Waals surface area contributed by atoms with Crippen LogP contribution in [-0.4, -0.2) is 77.7 Å². The minimum atomic E-state index is -0.110. The van der Waals surface area contributed by atoms with E-state index < -0.39 is 0 Å². The molecule has 1 aromatic rings. The van der Waals surface area contributed by atoms with E-state index >= 15 is 0 Å². The molecule has 2 saturated heterocycles. The SMILES string of the molecule is N#Cc1nccnc1NCC1CN(CC2CCN(CC3CC3)CC2)C(=O)CO1. The second-order valence-electron chi connectivity index (χ2n) is 8.17. The van der Waals surface area contributed by atoms with Crippen molar-refractivity contribution in [3.63, 3.8) is 0 Å². The van der Waals surface area contributed by atoms with Crippen LogP contribution in [0.15, 0.2) is 12.4 Å². The standard InChI is InChI=1S/C20H28N6O2/c21-9-18-20(23-6-5-22-18)24-10-17-13-26(19(27)14-28-17)12-16-3-7-25(8-4-16)11-15-1-2-15/h5-6,15-17H,1-4,7-8,10-14H2,(H,23,24). The number of anilines is 1. The van der Waals surface area contributed by atoms with Crippen molar-refractivity contribution in [2.45, 2.75) is 31.8 Å². The highest BCUT2D eigenvalue weighted by atomic mass is 16.5. The summed E-state index contributed by atoms with van der Waals surface area (Å²) in [4.78, 5) is 25.0. The van der Waals surface area contributed by atoms with Crippen LogP contribution >= 0.6 is 0 Å². The van der Waals surface area contributed by atoms with Crippen LogP contribution < -0.4 is 5.32 Å². The number of nitrogens with zero attached hydrogens (tertiary/aromatic N) is 5. The van der Waals surface area contributed by atoms with Crippen LogP contribution in [-0.2, 0) is 9.53 Å². The lowest BCUT2D eigenvalue weighted by Gasteiger charge is -2.38. The van der Waals surface area contributed by atoms with Gasteiger partial charge in [-0.25, -0.2) is 9.97 Å². The number of piperidine rings is 1. The van der Waals surface area contributed by atoms with Crippen molar-refractivity contribution >= 4 is 11.7 Å². The van der Waals surface area contributed by atoms with Gasteiger partial charge in [-0.05, 0) is 50.6 Å². The molecule has 0 spiro atoms. The molecule has 150 valence electrons. The Morgan fingerprint density at radius 2 is 1.89 bits per heavy atom. The van der Waals surface area contributed by atoms with Gasteiger partial charge < -0.3 is 19.9 Å². The highest BCUT2D eigenvalue weighted by molar-refractivity contribution is 5.78. The van der Waals surface area contributed by atoms with Crippen molar-refractivity contribution < 1.29 is 9.53 Å². The molecule has 28 heavy (non-hydrogen) atoms. The van der Waals surface area contributed by atoms with Gasteiger partial charge in [-0.15, -0.1) is 0 Å². The number of carbonyl (C=O) groups is 1. The van der Waals surface area contributed by atoms with Crippen LogP contribution in [0, 0.1) is 23.2 Å². The zero-order valence-electron chi connectivity index (χ0n) is 16.2. The molecule has 4 rings (SSSR count). The Balaban J connectivity index is 1.24. The normalized spacial score (nSPS) is 24.2. The fourth-order valence-corrected chi connectivity index (χ4v) is 4.07. The maximum atomic E-state index is 12.3. The highest BCUT2D eigenvalue weighted by Crippen LogP contribution is 2.31. The second-order valence-corrected chi connectivity index (χ2v) is 8.17. The Hall–Kier alpha value is -2.24. The molecule has 0 bridgehead atoms. The van der Waals surface area contributed by atoms with E-state index in [-0.39, 0.29) is 24.3 Å². The van der Waals surface area contributed by atoms with E-state index in [4.69, 9.17) is 10.00 Å². The van der Waals surface area contributed by atoms with Crippen molar-refractivity contribution in [1.29, 1.82) is 5.26 Å². The molecule has 0 radical (unpaired) electrons. The molecule has 1 saturated carbocycles. The van der Waals surface area contributed by atoms with E-state index in [1.807, 2.05) is 11.0 Å². The first kappa shape index (κ1) is 19.1. The first-order chi connectivity index (χ1) is 13.7. The van der Waals surface area contributed by atoms with Gasteiger partial charge in [0.15, 0.2) is 11.5 Å². The van der Waals surface area contributed by atoms with E-state index in [2.05, 4.69) is 20.2 Å². The molecular formula is C20H28N6O2. The van der Waals surface area contributed by atoms with Crippen LogP contribution in [0.25, 0.3) is 0 Å². The van der Waals surface area contributed by atoms with Crippen molar-refractivity contribution in [2.24, 2.45) is 11.8 Å². The number of likely N-dealkylation sites (tertiary alicyclic amines) is 1. The molecule has 1 atom stereocenters. The molecule has 1 amide bonds. The van der Waals surface area contributed by atoms with Gasteiger partial charge >= 0.3 is 0 Å². The molecular weight excluding hydrogens is 356 g/mol. The molecule has 8 heteroatoms. The first-order valence-corrected chi connectivity index (χ1v) is 10.3. The summed E-state index contributed by atoms with van der Waals surface area (Å²) >= 11 is 0. The summed E-state index contributed by atoms with van der Waals surface area (Å²) in [6.07, 6.45) is 8.09. The van der Waals surface area contributed by atoms with E-state index in [0.29, 0.717) is 24.8 Å². The number of nitriles is 1. The number of nitrogens with one attached hydrogen (secondary N) is 1. The Labute approximate surface area is 165 Å². The first-order valence-electron chi connectivity index (χ1n) is 10.3. The Morgan fingerprint density at radius 3 is 2.64 bits per heavy atom. The van der Waals surface area contributed by atoms with Crippen molar-refractivity contribution in [3.8, 4) is 6.07 Å². The van der Waals surface area contributed by atoms with Crippen LogP contribution in [0.3, 0.4) is 0 Å². The average molecular weight is 384 g/mol. The van der Waals surface area contributed by atoms with Crippen LogP contribution in [0.2, 0.25) is 0 Å². The van der Waals surface area contributed by atoms with Gasteiger partial charge in [-0.2, -0.15) is 5.26 Å². The van der Waals surface area contributed by atoms with Crippen LogP contribution in [0.1, 0.15) is 31.4 Å². The predicted molar refractivity (Wildman–Crippen MR) is 103 cm³/mol. The molecule has 3 heterocycles. The van der Waals surface area contributed by atoms with Crippen molar-refractivity contribution in [2.75, 3.05) is 51.2 Å². The molecule has 2 aliphatic heterocycles. The van der Waals surface area contributed by atoms with Gasteiger partial charge in [0.1, 0.15) is 12.7 Å². The highest BCUT2D eigenvalue weighted by Gasteiger charge is 2.31. The number of morpholine rings is 1. The van der Waals surface area contributed by atoms with Gasteiger partial charge in [-0.3, -0.25) is 4.79 Å². The van der Waals surface area contributed by atoms with Gasteiger partial charge in [0.2, 0.25) is 5.91 Å². The molecule has 3 aliphatic rings. The molecule has 1 N–H and O–H groups in total. The van der Waals surface area contributed by atoms with Crippen molar-refractivity contribution in [3.05, 3.63) is 18.1 Å². The van der Waals surface area contributed by atoms with E-state index in [0.717, 1.165) is 25.6 Å². The molecule has 3 fully saturated rings. The number of amides is 1. The zero-order chi connectivity index (χ0) is 19.3. The van der Waals surface area contributed by atoms with Crippen LogP contribution in [0.5, 0.6) is 0 Å². The van der Waals surface area contributed by atoms with E-state index in [1.54, 1.807) is 6.20 Å². The molecule has 8 nitrogen and oxygen atoms in total. The molecule has 1 aromatic heterocycles. The van der Waals surface area contributed by atoms with Gasteiger partial charge in [0, 0.05) is 38.6 Å². The maximum Gasteiger partial charge on any atom is 0.248 e. The summed E-state index contributed by atoms with van der Waals surface area (Å²) < 4.78 is 5.68. The lowest BCUT2D eigenvalue weighted by Crippen LogP contribution is -2.51. The van der Waals surface area contributed by atoms with E-state index in [1.165, 1.54) is 38.4 Å². The number of rotatable bonds is 7. The van der Waals surface area contributed by atoms with Gasteiger partial charge in [0.05, 0.1) is 6.10 Å². The number of hydrogen-bond acceptors (Lipinski definition) is 7. The molecule has 0 aromatic carbocycles. The number of carbonyl (C=O) groups excluding carboxylic acids is 1. The summed E-state index contributed by atoms with van der Waals surface area (Å²) in [5, 5.41) is 12.2. The third-order valence-electron chi connectivity index (χ3n) is 5.92. The van der Waals surface area contributed by atoms with Gasteiger partial charge in [-0.1, -0.05) is 0 Å². The maximum absolute atomic E-state index is 12.3. The number of hydrogen-bond donors (Lipinski definition) is 1. The lowest BCUT2D eigenvalue weighted by molar-refractivity contribution is -0.149. The third kappa shape index (κ3) is 4.97. The number of aromatic nitrogens is 2. The Morgan fingerprint density at radius 1 is 1.14 bits per heavy atom. The smallest absolute Gasteiger partial charge is 0.248 e. The van der Waals surface area contributed by atoms with E-state index in [9.17, 15) is 4.79 Å². The summed E-state index contributed by atoms with van der Waals surface area (Å²) in [6.45, 7) is 5.61. The summed E-state index contributed by atoms with van der Waals surface area (Å²) in [6, 6.07) is 2.03. The molecule has 1 aliphatic carbocycles. The Bertz CT molecular complexity index is 724. The zero-order valence-corrected chi connectivity index (χ0v) is 16.2. The summed E-state index contributed by atoms with van der Waals surface area (Å²) in [7, 11) is 0. The lowest BCUT2D eigenvalue weighted by atomic mass is 9.95. The molecule has 1 unspecified atom stereocenters. The fourth-order valence-electron chi connectivity index (χ4n) is 4.07. The average Bonchev–Trinajstić information content (AvgIpc) is 3.54. The third-order valence-corrected chi connectivity index (χ3v) is 5.92. The van der Waals surface area contributed by atoms with Crippen molar-refractivity contribution in [1.82, 2.24) is 19.8 Å². The fraction of sp³-hybridized carbons (Fsp3) is 0.700. The summed E-state index contributed by atoms with van der Waals surface area (Å²) in [5.74, 6) is 2.06. The summed E-state index contributed by atoms with van der Waals surface area (Å²) in [5.41, 5.74) is 0.268. The monoisotopic (exact) mass is 384 g/mol. The minimum Gasteiger partial charge on any atom is -0.365 e. The topological polar surface area (TPSA) is 94.4 Å². The predicted octanol–water partition coefficient (Wildman–Crippen LogP) is 1.11.